The van der Waals surface area contributed by atoms with E-state index >= 15 is 0 Å². The molecule has 0 spiro atoms. The second-order valence-electron chi connectivity index (χ2n) is 4.75. The van der Waals surface area contributed by atoms with Crippen LogP contribution in [0.15, 0.2) is 0 Å². The second-order valence-corrected chi connectivity index (χ2v) is 4.75. The molecular formula is C9H19N2+. The normalized spacial score (nSPS) is 47.7. The molecule has 2 fully saturated rings. The summed E-state index contributed by atoms with van der Waals surface area (Å²) in [6.45, 7) is 0. The lowest BCUT2D eigenvalue weighted by Gasteiger charge is -2.43. The minimum Gasteiger partial charge on any atom is -0.327 e. The first-order chi connectivity index (χ1) is 5.10. The van der Waals surface area contributed by atoms with E-state index in [1.807, 2.05) is 0 Å². The third-order valence-corrected chi connectivity index (χ3v) is 3.86. The largest absolute Gasteiger partial charge is 0.327 e. The van der Waals surface area contributed by atoms with Crippen LogP contribution >= 0.6 is 0 Å². The van der Waals surface area contributed by atoms with Gasteiger partial charge in [0.2, 0.25) is 0 Å². The molecule has 2 heteroatoms. The molecule has 2 aliphatic rings. The topological polar surface area (TPSA) is 26.0 Å². The molecule has 0 aromatic rings. The van der Waals surface area contributed by atoms with Crippen molar-refractivity contribution >= 4 is 0 Å². The molecule has 2 saturated heterocycles. The summed E-state index contributed by atoms with van der Waals surface area (Å²) in [6.07, 6.45) is 5.32. The van der Waals surface area contributed by atoms with Crippen LogP contribution in [0.3, 0.4) is 0 Å². The van der Waals surface area contributed by atoms with E-state index < -0.39 is 0 Å². The monoisotopic (exact) mass is 155 g/mol. The standard InChI is InChI=1S/C9H19N2/c1-11(2)8-3-4-9(11)6-7(10)5-8/h7-9H,3-6,10H2,1-2H3/q+1. The Kier molecular flexibility index (Phi) is 1.52. The van der Waals surface area contributed by atoms with Gasteiger partial charge >= 0.3 is 0 Å². The number of rotatable bonds is 0. The lowest BCUT2D eigenvalue weighted by molar-refractivity contribution is -0.930. The lowest BCUT2D eigenvalue weighted by atomic mass is 9.96. The molecule has 2 bridgehead atoms. The molecule has 2 heterocycles. The summed E-state index contributed by atoms with van der Waals surface area (Å²) < 4.78 is 1.24. The fourth-order valence-corrected chi connectivity index (χ4v) is 2.92. The highest BCUT2D eigenvalue weighted by atomic mass is 15.4. The summed E-state index contributed by atoms with van der Waals surface area (Å²) >= 11 is 0. The highest BCUT2D eigenvalue weighted by molar-refractivity contribution is 4.86. The van der Waals surface area contributed by atoms with Crippen LogP contribution in [0.1, 0.15) is 25.7 Å². The Morgan fingerprint density at radius 3 is 2.00 bits per heavy atom. The van der Waals surface area contributed by atoms with Crippen LogP contribution in [0.25, 0.3) is 0 Å². The molecule has 2 nitrogen and oxygen atoms in total. The predicted octanol–water partition coefficient (Wildman–Crippen LogP) is 0.715. The highest BCUT2D eigenvalue weighted by Crippen LogP contribution is 2.38. The van der Waals surface area contributed by atoms with E-state index in [4.69, 9.17) is 5.73 Å². The third kappa shape index (κ3) is 1.00. The molecule has 2 N–H and O–H groups in total. The maximum absolute atomic E-state index is 5.97. The Labute approximate surface area is 69.0 Å². The summed E-state index contributed by atoms with van der Waals surface area (Å²) in [4.78, 5) is 0. The first kappa shape index (κ1) is 7.56. The summed E-state index contributed by atoms with van der Waals surface area (Å²) in [7, 11) is 4.74. The molecule has 0 aromatic heterocycles. The fraction of sp³-hybridized carbons (Fsp3) is 1.00. The van der Waals surface area contributed by atoms with Crippen LogP contribution in [0.4, 0.5) is 0 Å². The van der Waals surface area contributed by atoms with Crippen molar-refractivity contribution in [2.75, 3.05) is 14.1 Å². The van der Waals surface area contributed by atoms with Crippen LogP contribution in [0, 0.1) is 0 Å². The Balaban J connectivity index is 2.19. The number of hydrogen-bond donors (Lipinski definition) is 1. The van der Waals surface area contributed by atoms with Gasteiger partial charge in [0.15, 0.2) is 0 Å². The Hall–Kier alpha value is -0.0800. The number of hydrogen-bond acceptors (Lipinski definition) is 1. The zero-order chi connectivity index (χ0) is 8.06. The summed E-state index contributed by atoms with van der Waals surface area (Å²) in [5.74, 6) is 0. The third-order valence-electron chi connectivity index (χ3n) is 3.86. The van der Waals surface area contributed by atoms with Crippen molar-refractivity contribution in [2.24, 2.45) is 5.73 Å². The van der Waals surface area contributed by atoms with Crippen LogP contribution in [-0.2, 0) is 0 Å². The smallest absolute Gasteiger partial charge is 0.0905 e. The molecule has 2 atom stereocenters. The van der Waals surface area contributed by atoms with Gasteiger partial charge in [-0.3, -0.25) is 0 Å². The second kappa shape index (κ2) is 2.20. The van der Waals surface area contributed by atoms with E-state index in [-0.39, 0.29) is 0 Å². The summed E-state index contributed by atoms with van der Waals surface area (Å²) in [6, 6.07) is 2.23. The number of quaternary nitrogens is 1. The Morgan fingerprint density at radius 2 is 1.55 bits per heavy atom. The molecular weight excluding hydrogens is 136 g/mol. The lowest BCUT2D eigenvalue weighted by Crippen LogP contribution is -2.57. The van der Waals surface area contributed by atoms with Crippen LogP contribution in [0.2, 0.25) is 0 Å². The van der Waals surface area contributed by atoms with Crippen molar-refractivity contribution in [3.63, 3.8) is 0 Å². The van der Waals surface area contributed by atoms with Gasteiger partial charge in [0.05, 0.1) is 26.2 Å². The predicted molar refractivity (Wildman–Crippen MR) is 46.1 cm³/mol. The Morgan fingerprint density at radius 1 is 1.09 bits per heavy atom. The van der Waals surface area contributed by atoms with Gasteiger partial charge in [-0.1, -0.05) is 0 Å². The number of nitrogens with zero attached hydrogens (tertiary/aromatic N) is 1. The number of nitrogens with two attached hydrogens (primary N) is 1. The maximum Gasteiger partial charge on any atom is 0.0905 e. The quantitative estimate of drug-likeness (QED) is 0.512. The molecule has 11 heavy (non-hydrogen) atoms. The van der Waals surface area contributed by atoms with Gasteiger partial charge in [0.1, 0.15) is 0 Å². The van der Waals surface area contributed by atoms with E-state index in [2.05, 4.69) is 14.1 Å². The number of piperidine rings is 1. The fourth-order valence-electron chi connectivity index (χ4n) is 2.92. The molecule has 0 aromatic carbocycles. The Bertz CT molecular complexity index is 149. The maximum atomic E-state index is 5.97. The van der Waals surface area contributed by atoms with Crippen molar-refractivity contribution in [3.05, 3.63) is 0 Å². The molecule has 2 unspecified atom stereocenters. The van der Waals surface area contributed by atoms with E-state index in [1.54, 1.807) is 0 Å². The van der Waals surface area contributed by atoms with Gasteiger partial charge in [-0.25, -0.2) is 0 Å². The van der Waals surface area contributed by atoms with Gasteiger partial charge in [-0.15, -0.1) is 0 Å². The minimum atomic E-state index is 0.499. The van der Waals surface area contributed by atoms with Crippen molar-refractivity contribution in [2.45, 2.75) is 43.8 Å². The minimum absolute atomic E-state index is 0.499. The molecule has 0 radical (unpaired) electrons. The molecule has 64 valence electrons. The van der Waals surface area contributed by atoms with E-state index in [0.717, 1.165) is 12.1 Å². The van der Waals surface area contributed by atoms with Gasteiger partial charge in [0.25, 0.3) is 0 Å². The SMILES string of the molecule is C[N+]1(C)C2CCC1CC(N)C2. The summed E-state index contributed by atoms with van der Waals surface area (Å²) in [5.41, 5.74) is 5.97. The van der Waals surface area contributed by atoms with Crippen molar-refractivity contribution in [1.82, 2.24) is 0 Å². The van der Waals surface area contributed by atoms with Gasteiger partial charge in [-0.05, 0) is 0 Å². The van der Waals surface area contributed by atoms with Crippen molar-refractivity contribution in [3.8, 4) is 0 Å². The zero-order valence-corrected chi connectivity index (χ0v) is 7.59. The highest BCUT2D eigenvalue weighted by Gasteiger charge is 2.47. The first-order valence-electron chi connectivity index (χ1n) is 4.69. The van der Waals surface area contributed by atoms with E-state index in [9.17, 15) is 0 Å². The molecule has 2 rings (SSSR count). The molecule has 0 amide bonds. The number of fused-ring (bicyclic) bond motifs is 2. The molecule has 0 saturated carbocycles. The van der Waals surface area contributed by atoms with Gasteiger partial charge < -0.3 is 10.2 Å². The average molecular weight is 155 g/mol. The van der Waals surface area contributed by atoms with Crippen LogP contribution in [0.5, 0.6) is 0 Å². The van der Waals surface area contributed by atoms with Gasteiger partial charge in [-0.2, -0.15) is 0 Å². The van der Waals surface area contributed by atoms with E-state index in [1.165, 1.54) is 30.2 Å². The van der Waals surface area contributed by atoms with Crippen molar-refractivity contribution in [1.29, 1.82) is 0 Å². The van der Waals surface area contributed by atoms with Crippen LogP contribution in [-0.4, -0.2) is 36.7 Å². The van der Waals surface area contributed by atoms with E-state index in [0.29, 0.717) is 6.04 Å². The van der Waals surface area contributed by atoms with Crippen LogP contribution < -0.4 is 5.73 Å². The molecule has 2 aliphatic heterocycles. The zero-order valence-electron chi connectivity index (χ0n) is 7.59. The molecule has 0 aliphatic carbocycles. The van der Waals surface area contributed by atoms with Gasteiger partial charge in [0, 0.05) is 31.7 Å². The first-order valence-corrected chi connectivity index (χ1v) is 4.69. The van der Waals surface area contributed by atoms with Crippen molar-refractivity contribution < 1.29 is 4.48 Å². The summed E-state index contributed by atoms with van der Waals surface area (Å²) in [5, 5.41) is 0. The average Bonchev–Trinajstić information content (AvgIpc) is 2.19.